The molecule has 1 fully saturated rings. The Morgan fingerprint density at radius 1 is 0.929 bits per heavy atom. The van der Waals surface area contributed by atoms with Crippen LogP contribution in [0.5, 0.6) is 0 Å². The van der Waals surface area contributed by atoms with Gasteiger partial charge in [0, 0.05) is 28.4 Å². The van der Waals surface area contributed by atoms with Crippen molar-refractivity contribution in [3.63, 3.8) is 0 Å². The van der Waals surface area contributed by atoms with E-state index in [4.69, 9.17) is 23.7 Å². The lowest BCUT2D eigenvalue weighted by atomic mass is 10.1. The van der Waals surface area contributed by atoms with Gasteiger partial charge in [0.15, 0.2) is 6.29 Å². The van der Waals surface area contributed by atoms with Crippen LogP contribution in [-0.2, 0) is 23.7 Å². The number of methoxy groups -OCH3 is 4. The second-order valence-electron chi connectivity index (χ2n) is 3.13. The third kappa shape index (κ3) is 2.24. The molecule has 0 saturated carbocycles. The van der Waals surface area contributed by atoms with Crippen molar-refractivity contribution < 1.29 is 23.7 Å². The van der Waals surface area contributed by atoms with Crippen LogP contribution in [0.1, 0.15) is 0 Å². The molecule has 0 aromatic heterocycles. The standard InChI is InChI=1S/C9H18O5/c1-10-5-6-7(11-2)8(12-3)9(13-4)14-6/h6-9H,5H2,1-4H3/t6-,7?,8?,9?/m0/s1. The Hall–Kier alpha value is -0.200. The van der Waals surface area contributed by atoms with E-state index >= 15 is 0 Å². The van der Waals surface area contributed by atoms with Crippen molar-refractivity contribution >= 4 is 0 Å². The van der Waals surface area contributed by atoms with Crippen LogP contribution < -0.4 is 0 Å². The maximum Gasteiger partial charge on any atom is 0.186 e. The summed E-state index contributed by atoms with van der Waals surface area (Å²) in [5.74, 6) is 0. The molecule has 1 aliphatic rings. The highest BCUT2D eigenvalue weighted by Gasteiger charge is 2.45. The molecule has 0 aromatic rings. The maximum atomic E-state index is 5.56. The molecule has 0 spiro atoms. The number of hydrogen-bond acceptors (Lipinski definition) is 5. The zero-order valence-corrected chi connectivity index (χ0v) is 9.06. The lowest BCUT2D eigenvalue weighted by Gasteiger charge is -2.20. The van der Waals surface area contributed by atoms with Gasteiger partial charge in [-0.2, -0.15) is 0 Å². The number of rotatable bonds is 5. The van der Waals surface area contributed by atoms with E-state index in [2.05, 4.69) is 0 Å². The van der Waals surface area contributed by atoms with Gasteiger partial charge in [0.25, 0.3) is 0 Å². The van der Waals surface area contributed by atoms with Gasteiger partial charge in [-0.25, -0.2) is 0 Å². The lowest BCUT2D eigenvalue weighted by molar-refractivity contribution is -0.160. The average molecular weight is 206 g/mol. The molecule has 1 heterocycles. The van der Waals surface area contributed by atoms with Crippen molar-refractivity contribution in [1.29, 1.82) is 0 Å². The van der Waals surface area contributed by atoms with E-state index in [9.17, 15) is 0 Å². The highest BCUT2D eigenvalue weighted by Crippen LogP contribution is 2.26. The first-order chi connectivity index (χ1) is 6.78. The van der Waals surface area contributed by atoms with Crippen LogP contribution in [-0.4, -0.2) is 59.6 Å². The predicted octanol–water partition coefficient (Wildman–Crippen LogP) is 0.0341. The third-order valence-corrected chi connectivity index (χ3v) is 2.37. The summed E-state index contributed by atoms with van der Waals surface area (Å²) in [6, 6.07) is 0. The topological polar surface area (TPSA) is 46.2 Å². The van der Waals surface area contributed by atoms with Crippen molar-refractivity contribution in [1.82, 2.24) is 0 Å². The molecule has 1 rings (SSSR count). The SMILES string of the molecule is COC[C@@H]1OC(OC)C(OC)C1OC. The van der Waals surface area contributed by atoms with Crippen LogP contribution in [0.3, 0.4) is 0 Å². The van der Waals surface area contributed by atoms with Crippen molar-refractivity contribution in [2.45, 2.75) is 24.6 Å². The zero-order valence-electron chi connectivity index (χ0n) is 9.06. The third-order valence-electron chi connectivity index (χ3n) is 2.37. The van der Waals surface area contributed by atoms with Gasteiger partial charge >= 0.3 is 0 Å². The molecule has 5 nitrogen and oxygen atoms in total. The average Bonchev–Trinajstić information content (AvgIpc) is 2.55. The summed E-state index contributed by atoms with van der Waals surface area (Å²) in [6.45, 7) is 0.470. The molecule has 4 atom stereocenters. The molecule has 0 aromatic carbocycles. The van der Waals surface area contributed by atoms with Gasteiger partial charge in [0.05, 0.1) is 6.61 Å². The number of ether oxygens (including phenoxy) is 5. The summed E-state index contributed by atoms with van der Waals surface area (Å²) in [5, 5.41) is 0. The van der Waals surface area contributed by atoms with Crippen LogP contribution in [0.15, 0.2) is 0 Å². The molecule has 0 N–H and O–H groups in total. The van der Waals surface area contributed by atoms with Crippen LogP contribution >= 0.6 is 0 Å². The van der Waals surface area contributed by atoms with Crippen molar-refractivity contribution in [3.8, 4) is 0 Å². The van der Waals surface area contributed by atoms with E-state index in [1.807, 2.05) is 0 Å². The normalized spacial score (nSPS) is 37.7. The lowest BCUT2D eigenvalue weighted by Crippen LogP contribution is -2.37. The van der Waals surface area contributed by atoms with Gasteiger partial charge < -0.3 is 23.7 Å². The van der Waals surface area contributed by atoms with Gasteiger partial charge in [0.1, 0.15) is 18.3 Å². The molecule has 1 saturated heterocycles. The quantitative estimate of drug-likeness (QED) is 0.635. The Morgan fingerprint density at radius 2 is 1.57 bits per heavy atom. The van der Waals surface area contributed by atoms with Gasteiger partial charge in [-0.15, -0.1) is 0 Å². The summed E-state index contributed by atoms with van der Waals surface area (Å²) in [7, 11) is 6.44. The smallest absolute Gasteiger partial charge is 0.186 e. The van der Waals surface area contributed by atoms with Crippen LogP contribution in [0.4, 0.5) is 0 Å². The summed E-state index contributed by atoms with van der Waals surface area (Å²) in [6.07, 6.45) is -0.875. The van der Waals surface area contributed by atoms with Crippen LogP contribution in [0, 0.1) is 0 Å². The highest BCUT2D eigenvalue weighted by atomic mass is 16.7. The minimum absolute atomic E-state index is 0.139. The maximum absolute atomic E-state index is 5.56. The first-order valence-electron chi connectivity index (χ1n) is 4.51. The molecular formula is C9H18O5. The highest BCUT2D eigenvalue weighted by molar-refractivity contribution is 4.88. The second-order valence-corrected chi connectivity index (χ2v) is 3.13. The second kappa shape index (κ2) is 5.63. The summed E-state index contributed by atoms with van der Waals surface area (Å²) in [5.41, 5.74) is 0. The molecule has 84 valence electrons. The molecule has 5 heteroatoms. The molecule has 3 unspecified atom stereocenters. The molecule has 1 aliphatic heterocycles. The van der Waals surface area contributed by atoms with Crippen molar-refractivity contribution in [2.75, 3.05) is 35.0 Å². The predicted molar refractivity (Wildman–Crippen MR) is 49.1 cm³/mol. The summed E-state index contributed by atoms with van der Waals surface area (Å²) < 4.78 is 26.3. The van der Waals surface area contributed by atoms with Crippen LogP contribution in [0.25, 0.3) is 0 Å². The Bertz CT molecular complexity index is 163. The molecular weight excluding hydrogens is 188 g/mol. The fourth-order valence-electron chi connectivity index (χ4n) is 1.71. The minimum Gasteiger partial charge on any atom is -0.382 e. The van der Waals surface area contributed by atoms with E-state index in [1.54, 1.807) is 28.4 Å². The number of hydrogen-bond donors (Lipinski definition) is 0. The Balaban J connectivity index is 2.62. The van der Waals surface area contributed by atoms with Crippen molar-refractivity contribution in [2.24, 2.45) is 0 Å². The van der Waals surface area contributed by atoms with E-state index < -0.39 is 0 Å². The van der Waals surface area contributed by atoms with Gasteiger partial charge in [-0.05, 0) is 0 Å². The zero-order chi connectivity index (χ0) is 10.6. The van der Waals surface area contributed by atoms with Gasteiger partial charge in [0.2, 0.25) is 0 Å². The minimum atomic E-state index is -0.384. The fourth-order valence-corrected chi connectivity index (χ4v) is 1.71. The molecule has 0 radical (unpaired) electrons. The Kier molecular flexibility index (Phi) is 4.77. The van der Waals surface area contributed by atoms with Crippen molar-refractivity contribution in [3.05, 3.63) is 0 Å². The Labute approximate surface area is 84.2 Å². The van der Waals surface area contributed by atoms with E-state index in [0.29, 0.717) is 6.61 Å². The summed E-state index contributed by atoms with van der Waals surface area (Å²) in [4.78, 5) is 0. The van der Waals surface area contributed by atoms with Gasteiger partial charge in [-0.3, -0.25) is 0 Å². The summed E-state index contributed by atoms with van der Waals surface area (Å²) >= 11 is 0. The fraction of sp³-hybridized carbons (Fsp3) is 1.00. The largest absolute Gasteiger partial charge is 0.382 e. The Morgan fingerprint density at radius 3 is 2.00 bits per heavy atom. The molecule has 0 amide bonds. The first-order valence-corrected chi connectivity index (χ1v) is 4.51. The first kappa shape index (κ1) is 11.9. The van der Waals surface area contributed by atoms with E-state index in [-0.39, 0.29) is 24.6 Å². The van der Waals surface area contributed by atoms with E-state index in [1.165, 1.54) is 0 Å². The molecule has 0 aliphatic carbocycles. The monoisotopic (exact) mass is 206 g/mol. The molecule has 14 heavy (non-hydrogen) atoms. The molecule has 0 bridgehead atoms. The van der Waals surface area contributed by atoms with E-state index in [0.717, 1.165) is 0 Å². The van der Waals surface area contributed by atoms with Crippen LogP contribution in [0.2, 0.25) is 0 Å². The van der Waals surface area contributed by atoms with Gasteiger partial charge in [-0.1, -0.05) is 0 Å².